The second-order valence-corrected chi connectivity index (χ2v) is 8.34. The van der Waals surface area contributed by atoms with E-state index in [4.69, 9.17) is 4.42 Å². The van der Waals surface area contributed by atoms with E-state index in [0.717, 1.165) is 5.56 Å². The number of hydrogen-bond acceptors (Lipinski definition) is 6. The SMILES string of the molecule is O=S(=O)(c1ccccc1)N1CC[C@@H](c2nnc(-c3ccsc3)o2)C1. The van der Waals surface area contributed by atoms with Crippen molar-refractivity contribution in [3.05, 3.63) is 53.0 Å². The molecule has 0 unspecified atom stereocenters. The van der Waals surface area contributed by atoms with E-state index in [9.17, 15) is 8.42 Å². The Morgan fingerprint density at radius 2 is 2.00 bits per heavy atom. The zero-order chi connectivity index (χ0) is 16.6. The molecule has 0 spiro atoms. The summed E-state index contributed by atoms with van der Waals surface area (Å²) in [6.45, 7) is 0.820. The number of thiophene rings is 1. The van der Waals surface area contributed by atoms with Crippen molar-refractivity contribution < 1.29 is 12.8 Å². The molecule has 0 radical (unpaired) electrons. The molecule has 3 aromatic rings. The second kappa shape index (κ2) is 6.12. The van der Waals surface area contributed by atoms with E-state index in [1.165, 1.54) is 4.31 Å². The van der Waals surface area contributed by atoms with Crippen LogP contribution < -0.4 is 0 Å². The molecule has 0 amide bonds. The first-order valence-corrected chi connectivity index (χ1v) is 9.94. The summed E-state index contributed by atoms with van der Waals surface area (Å²) in [5.41, 5.74) is 0.894. The van der Waals surface area contributed by atoms with Gasteiger partial charge >= 0.3 is 0 Å². The molecule has 1 fully saturated rings. The Labute approximate surface area is 143 Å². The molecule has 3 heterocycles. The summed E-state index contributed by atoms with van der Waals surface area (Å²) in [4.78, 5) is 0.315. The van der Waals surface area contributed by atoms with Crippen molar-refractivity contribution >= 4 is 21.4 Å². The number of aromatic nitrogens is 2. The highest BCUT2D eigenvalue weighted by Gasteiger charge is 2.35. The van der Waals surface area contributed by atoms with E-state index in [-0.39, 0.29) is 5.92 Å². The monoisotopic (exact) mass is 361 g/mol. The van der Waals surface area contributed by atoms with Gasteiger partial charge in [-0.1, -0.05) is 18.2 Å². The van der Waals surface area contributed by atoms with E-state index in [2.05, 4.69) is 10.2 Å². The van der Waals surface area contributed by atoms with E-state index < -0.39 is 10.0 Å². The molecule has 0 saturated carbocycles. The van der Waals surface area contributed by atoms with Gasteiger partial charge in [0, 0.05) is 24.0 Å². The van der Waals surface area contributed by atoms with Gasteiger partial charge in [0.2, 0.25) is 21.8 Å². The fourth-order valence-corrected chi connectivity index (χ4v) is 4.94. The van der Waals surface area contributed by atoms with Crippen LogP contribution in [0.5, 0.6) is 0 Å². The second-order valence-electron chi connectivity index (χ2n) is 5.62. The summed E-state index contributed by atoms with van der Waals surface area (Å²) in [6, 6.07) is 10.4. The average Bonchev–Trinajstić information content (AvgIpc) is 3.34. The fourth-order valence-electron chi connectivity index (χ4n) is 2.79. The molecule has 1 saturated heterocycles. The highest BCUT2D eigenvalue weighted by Crippen LogP contribution is 2.32. The van der Waals surface area contributed by atoms with Crippen LogP contribution in [0, 0.1) is 0 Å². The first-order chi connectivity index (χ1) is 11.6. The predicted molar refractivity (Wildman–Crippen MR) is 90.2 cm³/mol. The standard InChI is InChI=1S/C16H15N3O3S2/c20-24(21,14-4-2-1-3-5-14)19-8-6-12(10-19)15-17-18-16(22-15)13-7-9-23-11-13/h1-5,7,9,11-12H,6,8,10H2/t12-/m1/s1. The van der Waals surface area contributed by atoms with Crippen LogP contribution in [-0.4, -0.2) is 36.0 Å². The largest absolute Gasteiger partial charge is 0.420 e. The topological polar surface area (TPSA) is 76.3 Å². The molecule has 6 nitrogen and oxygen atoms in total. The van der Waals surface area contributed by atoms with Crippen molar-refractivity contribution in [2.45, 2.75) is 17.2 Å². The van der Waals surface area contributed by atoms with Gasteiger partial charge in [-0.2, -0.15) is 15.6 Å². The Hall–Kier alpha value is -2.03. The third kappa shape index (κ3) is 2.77. The number of benzene rings is 1. The molecule has 24 heavy (non-hydrogen) atoms. The van der Waals surface area contributed by atoms with Gasteiger partial charge in [-0.15, -0.1) is 10.2 Å². The van der Waals surface area contributed by atoms with Gasteiger partial charge in [0.25, 0.3) is 0 Å². The maximum absolute atomic E-state index is 12.7. The van der Waals surface area contributed by atoms with Gasteiger partial charge in [0.15, 0.2) is 0 Å². The summed E-state index contributed by atoms with van der Waals surface area (Å²) in [5.74, 6) is 0.918. The Morgan fingerprint density at radius 1 is 1.17 bits per heavy atom. The van der Waals surface area contributed by atoms with Crippen LogP contribution in [0.4, 0.5) is 0 Å². The Morgan fingerprint density at radius 3 is 2.75 bits per heavy atom. The molecule has 8 heteroatoms. The lowest BCUT2D eigenvalue weighted by Gasteiger charge is -2.15. The van der Waals surface area contributed by atoms with Gasteiger partial charge < -0.3 is 4.42 Å². The minimum atomic E-state index is -3.47. The quantitative estimate of drug-likeness (QED) is 0.714. The lowest BCUT2D eigenvalue weighted by atomic mass is 10.1. The first kappa shape index (κ1) is 15.5. The molecule has 2 aromatic heterocycles. The van der Waals surface area contributed by atoms with Crippen LogP contribution in [0.2, 0.25) is 0 Å². The van der Waals surface area contributed by atoms with Gasteiger partial charge in [-0.25, -0.2) is 8.42 Å². The van der Waals surface area contributed by atoms with E-state index in [1.807, 2.05) is 16.8 Å². The molecule has 0 bridgehead atoms. The maximum atomic E-state index is 12.7. The molecule has 4 rings (SSSR count). The highest BCUT2D eigenvalue weighted by molar-refractivity contribution is 7.89. The summed E-state index contributed by atoms with van der Waals surface area (Å²) < 4.78 is 32.6. The highest BCUT2D eigenvalue weighted by atomic mass is 32.2. The Balaban J connectivity index is 1.53. The van der Waals surface area contributed by atoms with Crippen LogP contribution in [-0.2, 0) is 10.0 Å². The molecule has 1 aliphatic heterocycles. The summed E-state index contributed by atoms with van der Waals surface area (Å²) >= 11 is 1.56. The van der Waals surface area contributed by atoms with E-state index >= 15 is 0 Å². The van der Waals surface area contributed by atoms with Crippen molar-refractivity contribution in [2.75, 3.05) is 13.1 Å². The van der Waals surface area contributed by atoms with Gasteiger partial charge in [0.1, 0.15) is 0 Å². The lowest BCUT2D eigenvalue weighted by molar-refractivity contribution is 0.440. The number of nitrogens with zero attached hydrogens (tertiary/aromatic N) is 3. The van der Waals surface area contributed by atoms with Crippen LogP contribution in [0.1, 0.15) is 18.2 Å². The smallest absolute Gasteiger partial charge is 0.248 e. The molecular weight excluding hydrogens is 346 g/mol. The predicted octanol–water partition coefficient (Wildman–Crippen LogP) is 2.98. The Kier molecular flexibility index (Phi) is 3.95. The minimum Gasteiger partial charge on any atom is -0.420 e. The molecule has 1 aliphatic rings. The number of rotatable bonds is 4. The number of hydrogen-bond donors (Lipinski definition) is 0. The maximum Gasteiger partial charge on any atom is 0.248 e. The number of sulfonamides is 1. The molecule has 0 N–H and O–H groups in total. The van der Waals surface area contributed by atoms with Gasteiger partial charge in [0.05, 0.1) is 10.8 Å². The molecule has 124 valence electrons. The van der Waals surface area contributed by atoms with E-state index in [1.54, 1.807) is 41.7 Å². The third-order valence-electron chi connectivity index (χ3n) is 4.09. The average molecular weight is 361 g/mol. The summed E-state index contributed by atoms with van der Waals surface area (Å²) in [7, 11) is -3.47. The fraction of sp³-hybridized carbons (Fsp3) is 0.250. The Bertz CT molecular complexity index is 921. The zero-order valence-corrected chi connectivity index (χ0v) is 14.3. The van der Waals surface area contributed by atoms with Crippen LogP contribution in [0.3, 0.4) is 0 Å². The molecule has 0 aliphatic carbocycles. The molecule has 1 aromatic carbocycles. The normalized spacial score (nSPS) is 18.9. The van der Waals surface area contributed by atoms with Crippen LogP contribution in [0.15, 0.2) is 56.5 Å². The van der Waals surface area contributed by atoms with Gasteiger partial charge in [-0.05, 0) is 30.0 Å². The third-order valence-corrected chi connectivity index (χ3v) is 6.65. The summed E-state index contributed by atoms with van der Waals surface area (Å²) in [5, 5.41) is 12.1. The van der Waals surface area contributed by atoms with Crippen LogP contribution in [0.25, 0.3) is 11.5 Å². The van der Waals surface area contributed by atoms with Crippen molar-refractivity contribution in [2.24, 2.45) is 0 Å². The molecule has 1 atom stereocenters. The van der Waals surface area contributed by atoms with Crippen molar-refractivity contribution in [3.8, 4) is 11.5 Å². The van der Waals surface area contributed by atoms with Crippen LogP contribution >= 0.6 is 11.3 Å². The molecular formula is C16H15N3O3S2. The summed E-state index contributed by atoms with van der Waals surface area (Å²) in [6.07, 6.45) is 0.678. The minimum absolute atomic E-state index is 0.0663. The van der Waals surface area contributed by atoms with Crippen molar-refractivity contribution in [1.29, 1.82) is 0 Å². The van der Waals surface area contributed by atoms with Gasteiger partial charge in [-0.3, -0.25) is 0 Å². The first-order valence-electron chi connectivity index (χ1n) is 7.56. The van der Waals surface area contributed by atoms with Crippen molar-refractivity contribution in [1.82, 2.24) is 14.5 Å². The van der Waals surface area contributed by atoms with Crippen molar-refractivity contribution in [3.63, 3.8) is 0 Å². The zero-order valence-electron chi connectivity index (χ0n) is 12.7. The van der Waals surface area contributed by atoms with E-state index in [0.29, 0.717) is 36.2 Å². The lowest BCUT2D eigenvalue weighted by Crippen LogP contribution is -2.28.